The van der Waals surface area contributed by atoms with Crippen LogP contribution in [-0.2, 0) is 42.4 Å². The summed E-state index contributed by atoms with van der Waals surface area (Å²) in [5, 5.41) is 6.12. The van der Waals surface area contributed by atoms with Gasteiger partial charge in [0, 0.05) is 22.2 Å². The van der Waals surface area contributed by atoms with Crippen molar-refractivity contribution in [3.05, 3.63) is 93.2 Å². The van der Waals surface area contributed by atoms with Crippen LogP contribution >= 0.6 is 23.2 Å². The maximum Gasteiger partial charge on any atom is 0.239 e. The van der Waals surface area contributed by atoms with E-state index in [-0.39, 0.29) is 30.9 Å². The zero-order chi connectivity index (χ0) is 28.9. The molecular formula is C27H25Cl2FN2O6S2. The van der Waals surface area contributed by atoms with E-state index in [2.05, 4.69) is 0 Å². The summed E-state index contributed by atoms with van der Waals surface area (Å²) in [4.78, 5) is 14.2. The molecule has 2 atom stereocenters. The van der Waals surface area contributed by atoms with Gasteiger partial charge < -0.3 is 9.64 Å². The third-order valence-electron chi connectivity index (χ3n) is 7.51. The highest BCUT2D eigenvalue weighted by atomic mass is 35.5. The highest BCUT2D eigenvalue weighted by Crippen LogP contribution is 2.53. The molecule has 0 spiro atoms. The Labute approximate surface area is 241 Å². The fraction of sp³-hybridized carbons (Fsp3) is 0.296. The van der Waals surface area contributed by atoms with Crippen LogP contribution in [0.3, 0.4) is 0 Å². The number of halogens is 3. The number of amides is 1. The lowest BCUT2D eigenvalue weighted by atomic mass is 9.78. The maximum absolute atomic E-state index is 14.3. The van der Waals surface area contributed by atoms with Crippen molar-refractivity contribution in [2.45, 2.75) is 41.6 Å². The molecule has 1 aliphatic carbocycles. The Morgan fingerprint density at radius 2 is 1.77 bits per heavy atom. The van der Waals surface area contributed by atoms with Gasteiger partial charge in [-0.25, -0.2) is 26.4 Å². The Hall–Kier alpha value is -2.70. The number of nitrogens with zero attached hydrogens (tertiary/aromatic N) is 1. The molecule has 8 nitrogen and oxygen atoms in total. The summed E-state index contributed by atoms with van der Waals surface area (Å²) in [6, 6.07) is 13.8. The summed E-state index contributed by atoms with van der Waals surface area (Å²) in [6.07, 6.45) is 0.696. The molecule has 3 aromatic rings. The molecule has 2 N–H and O–H groups in total. The van der Waals surface area contributed by atoms with Gasteiger partial charge in [-0.05, 0) is 85.0 Å². The minimum absolute atomic E-state index is 0.0183. The van der Waals surface area contributed by atoms with Crippen LogP contribution in [0.15, 0.2) is 65.6 Å². The average Bonchev–Trinajstić information content (AvgIpc) is 3.30. The molecule has 0 saturated carbocycles. The fourth-order valence-corrected chi connectivity index (χ4v) is 9.03. The van der Waals surface area contributed by atoms with Crippen molar-refractivity contribution in [1.82, 2.24) is 4.90 Å². The van der Waals surface area contributed by atoms with Crippen molar-refractivity contribution in [2.75, 3.05) is 12.3 Å². The summed E-state index contributed by atoms with van der Waals surface area (Å²) in [7, 11) is -8.32. The van der Waals surface area contributed by atoms with E-state index >= 15 is 0 Å². The number of sulfone groups is 1. The Kier molecular flexibility index (Phi) is 7.64. The van der Waals surface area contributed by atoms with Crippen molar-refractivity contribution in [1.29, 1.82) is 0 Å². The maximum atomic E-state index is 14.3. The van der Waals surface area contributed by atoms with Crippen LogP contribution in [0.5, 0.6) is 5.75 Å². The molecule has 40 heavy (non-hydrogen) atoms. The lowest BCUT2D eigenvalue weighted by Crippen LogP contribution is -2.53. The Bertz CT molecular complexity index is 1700. The molecule has 1 amide bonds. The van der Waals surface area contributed by atoms with Crippen LogP contribution in [0.4, 0.5) is 4.39 Å². The van der Waals surface area contributed by atoms with E-state index in [1.165, 1.54) is 17.0 Å². The van der Waals surface area contributed by atoms with Crippen molar-refractivity contribution in [3.8, 4) is 5.75 Å². The zero-order valence-corrected chi connectivity index (χ0v) is 24.2. The quantitative estimate of drug-likeness (QED) is 0.392. The first-order valence-electron chi connectivity index (χ1n) is 12.3. The van der Waals surface area contributed by atoms with Gasteiger partial charge in [0.2, 0.25) is 15.9 Å². The second-order valence-electron chi connectivity index (χ2n) is 9.89. The van der Waals surface area contributed by atoms with E-state index in [0.717, 1.165) is 17.7 Å². The van der Waals surface area contributed by atoms with Crippen molar-refractivity contribution >= 4 is 49.0 Å². The Balaban J connectivity index is 1.56. The number of likely N-dealkylation sites (tertiary alicyclic amines) is 1. The number of rotatable bonds is 7. The number of primary sulfonamides is 1. The van der Waals surface area contributed by atoms with Gasteiger partial charge in [-0.3, -0.25) is 4.79 Å². The van der Waals surface area contributed by atoms with Crippen LogP contribution in [0.25, 0.3) is 0 Å². The Morgan fingerprint density at radius 1 is 1.05 bits per heavy atom. The fourth-order valence-electron chi connectivity index (χ4n) is 5.79. The van der Waals surface area contributed by atoms with Gasteiger partial charge in [-0.15, -0.1) is 0 Å². The molecule has 3 aromatic carbocycles. The van der Waals surface area contributed by atoms with E-state index in [9.17, 15) is 26.0 Å². The van der Waals surface area contributed by atoms with Crippen molar-refractivity contribution in [2.24, 2.45) is 5.14 Å². The average molecular weight is 628 g/mol. The number of nitrogens with two attached hydrogens (primary N) is 1. The van der Waals surface area contributed by atoms with Gasteiger partial charge >= 0.3 is 0 Å². The molecule has 1 aliphatic heterocycles. The molecular weight excluding hydrogens is 602 g/mol. The largest absolute Gasteiger partial charge is 0.489 e. The number of hydrogen-bond acceptors (Lipinski definition) is 6. The summed E-state index contributed by atoms with van der Waals surface area (Å²) in [5.74, 6) is -1.79. The van der Waals surface area contributed by atoms with Gasteiger partial charge in [0.15, 0.2) is 9.84 Å². The lowest BCUT2D eigenvalue weighted by molar-refractivity contribution is -0.129. The molecule has 0 bridgehead atoms. The van der Waals surface area contributed by atoms with E-state index in [4.69, 9.17) is 33.1 Å². The monoisotopic (exact) mass is 626 g/mol. The molecule has 13 heteroatoms. The highest BCUT2D eigenvalue weighted by molar-refractivity contribution is 7.92. The summed E-state index contributed by atoms with van der Waals surface area (Å²) < 4.78 is 70.1. The predicted molar refractivity (Wildman–Crippen MR) is 149 cm³/mol. The lowest BCUT2D eigenvalue weighted by Gasteiger charge is -2.42. The second kappa shape index (κ2) is 10.6. The van der Waals surface area contributed by atoms with Crippen molar-refractivity contribution < 1.29 is 30.8 Å². The summed E-state index contributed by atoms with van der Waals surface area (Å²) in [6.45, 7) is 0.153. The first-order valence-corrected chi connectivity index (χ1v) is 16.3. The van der Waals surface area contributed by atoms with Gasteiger partial charge in [-0.1, -0.05) is 29.3 Å². The SMILES string of the molecule is NS(=O)(=O)CC(=O)N1CC[C@@]2(S(=O)(=O)c3ccc(F)cc3)c3ccc(OCc4cc(Cl)ccc4Cl)cc3CC[C@@H]12. The number of carbonyl (C=O) groups is 1. The predicted octanol–water partition coefficient (Wildman–Crippen LogP) is 4.22. The molecule has 1 saturated heterocycles. The van der Waals surface area contributed by atoms with Crippen LogP contribution in [0, 0.1) is 5.82 Å². The molecule has 212 valence electrons. The smallest absolute Gasteiger partial charge is 0.239 e. The van der Waals surface area contributed by atoms with Gasteiger partial charge in [0.1, 0.15) is 28.7 Å². The van der Waals surface area contributed by atoms with E-state index in [1.54, 1.807) is 36.4 Å². The first kappa shape index (κ1) is 28.8. The summed E-state index contributed by atoms with van der Waals surface area (Å²) >= 11 is 12.3. The topological polar surface area (TPSA) is 124 Å². The van der Waals surface area contributed by atoms with Crippen LogP contribution in [0.2, 0.25) is 10.0 Å². The number of carbonyl (C=O) groups excluding carboxylic acids is 1. The third-order valence-corrected chi connectivity index (χ3v) is 11.3. The van der Waals surface area contributed by atoms with Crippen LogP contribution < -0.4 is 9.88 Å². The molecule has 5 rings (SSSR count). The number of fused-ring (bicyclic) bond motifs is 3. The number of hydrogen-bond donors (Lipinski definition) is 1. The highest BCUT2D eigenvalue weighted by Gasteiger charge is 2.60. The van der Waals surface area contributed by atoms with Gasteiger partial charge in [0.05, 0.1) is 10.9 Å². The standard InChI is InChI=1S/C27H25Cl2FN2O6S2/c28-19-2-9-24(29)18(13-19)15-38-21-5-8-23-17(14-21)1-10-25-27(23,11-12-32(25)26(33)16-39(31,34)35)40(36,37)22-6-3-20(30)4-7-22/h2-9,13-14,25H,1,10-12,15-16H2,(H2,31,34,35)/t25-,27-/m1/s1. The normalized spacial score (nSPS) is 20.6. The third kappa shape index (κ3) is 5.21. The first-order chi connectivity index (χ1) is 18.8. The molecule has 1 fully saturated rings. The number of aryl methyl sites for hydroxylation is 1. The Morgan fingerprint density at radius 3 is 2.48 bits per heavy atom. The second-order valence-corrected chi connectivity index (χ2v) is 14.6. The minimum Gasteiger partial charge on any atom is -0.489 e. The number of ether oxygens (including phenoxy) is 1. The van der Waals surface area contributed by atoms with Crippen LogP contribution in [-0.4, -0.2) is 46.0 Å². The molecule has 2 aliphatic rings. The summed E-state index contributed by atoms with van der Waals surface area (Å²) in [5.41, 5.74) is 1.90. The van der Waals surface area contributed by atoms with Gasteiger partial charge in [0.25, 0.3) is 0 Å². The van der Waals surface area contributed by atoms with E-state index in [1.807, 2.05) is 0 Å². The van der Waals surface area contributed by atoms with Crippen LogP contribution in [0.1, 0.15) is 29.5 Å². The van der Waals surface area contributed by atoms with E-state index < -0.39 is 48.1 Å². The molecule has 0 aromatic heterocycles. The van der Waals surface area contributed by atoms with Gasteiger partial charge in [-0.2, -0.15) is 0 Å². The molecule has 1 heterocycles. The van der Waals surface area contributed by atoms with E-state index in [0.29, 0.717) is 33.3 Å². The molecule has 0 unspecified atom stereocenters. The zero-order valence-electron chi connectivity index (χ0n) is 21.0. The number of sulfonamides is 1. The van der Waals surface area contributed by atoms with Crippen molar-refractivity contribution in [3.63, 3.8) is 0 Å². The number of benzene rings is 3. The molecule has 0 radical (unpaired) electrons. The minimum atomic E-state index is -4.19.